The van der Waals surface area contributed by atoms with Crippen molar-refractivity contribution >= 4 is 76.2 Å². The fraction of sp³-hybridized carbons (Fsp3) is 0.263. The lowest BCUT2D eigenvalue weighted by Crippen LogP contribution is -2.15. The summed E-state index contributed by atoms with van der Waals surface area (Å²) < 4.78 is 35.4. The highest BCUT2D eigenvalue weighted by Crippen LogP contribution is 2.52. The van der Waals surface area contributed by atoms with Crippen LogP contribution in [0.25, 0.3) is 42.4 Å². The second kappa shape index (κ2) is 11.9. The maximum atomic E-state index is 15.6. The summed E-state index contributed by atoms with van der Waals surface area (Å²) in [5.41, 5.74) is 5.64. The minimum Gasteiger partial charge on any atom is -0.218 e. The second-order valence-electron chi connectivity index (χ2n) is 13.4. The molecule has 0 N–H and O–H groups in total. The average molecular weight is 687 g/mol. The van der Waals surface area contributed by atoms with Crippen molar-refractivity contribution in [2.45, 2.75) is 70.6 Å². The lowest BCUT2D eigenvalue weighted by atomic mass is 9.86. The summed E-state index contributed by atoms with van der Waals surface area (Å²) in [5, 5.41) is 1.64. The fourth-order valence-corrected chi connectivity index (χ4v) is 11.8. The third-order valence-electron chi connectivity index (χ3n) is 8.25. The van der Waals surface area contributed by atoms with Gasteiger partial charge in [-0.15, -0.1) is 46.2 Å². The maximum Gasteiger partial charge on any atom is 0.207 e. The van der Waals surface area contributed by atoms with Crippen molar-refractivity contribution in [2.24, 2.45) is 0 Å². The molecule has 4 aromatic carbocycles. The van der Waals surface area contributed by atoms with Gasteiger partial charge in [-0.1, -0.05) is 102 Å². The molecule has 0 saturated carbocycles. The largest absolute Gasteiger partial charge is 0.218 e. The molecule has 6 aromatic rings. The van der Waals surface area contributed by atoms with Crippen LogP contribution in [0.3, 0.4) is 0 Å². The van der Waals surface area contributed by atoms with Gasteiger partial charge in [-0.05, 0) is 69.9 Å². The highest BCUT2D eigenvalue weighted by molar-refractivity contribution is 8.01. The topological polar surface area (TPSA) is 34.1 Å². The van der Waals surface area contributed by atoms with Crippen LogP contribution in [-0.4, -0.2) is 20.9 Å². The van der Waals surface area contributed by atoms with Crippen LogP contribution in [0.15, 0.2) is 103 Å². The van der Waals surface area contributed by atoms with Crippen molar-refractivity contribution in [1.82, 2.24) is 0 Å². The molecule has 0 aliphatic heterocycles. The molecule has 7 heteroatoms. The molecular weight excluding hydrogens is 649 g/mol. The van der Waals surface area contributed by atoms with Crippen LogP contribution in [0.2, 0.25) is 0 Å². The SMILES string of the molecule is CSc1sc2cc(C(C)(C)C)cc(S(=O)(=O)c3cc(C(C)(C)C)cc4sc(SC)c(-c5ccccc5)c34)c2c1-c1ccccc1. The van der Waals surface area contributed by atoms with Crippen LogP contribution in [0.5, 0.6) is 0 Å². The number of thiophene rings is 2. The van der Waals surface area contributed by atoms with E-state index in [-0.39, 0.29) is 10.8 Å². The first-order valence-electron chi connectivity index (χ1n) is 14.9. The fourth-order valence-electron chi connectivity index (χ4n) is 5.77. The summed E-state index contributed by atoms with van der Waals surface area (Å²) in [6.45, 7) is 12.9. The summed E-state index contributed by atoms with van der Waals surface area (Å²) in [4.78, 5) is 0.784. The van der Waals surface area contributed by atoms with Crippen molar-refractivity contribution in [2.75, 3.05) is 12.5 Å². The van der Waals surface area contributed by atoms with Gasteiger partial charge in [0.15, 0.2) is 0 Å². The monoisotopic (exact) mass is 686 g/mol. The molecule has 0 saturated heterocycles. The molecule has 2 aromatic heterocycles. The molecular formula is C38H38O2S5. The Hall–Kier alpha value is -2.55. The summed E-state index contributed by atoms with van der Waals surface area (Å²) >= 11 is 6.74. The van der Waals surface area contributed by atoms with E-state index in [4.69, 9.17) is 0 Å². The number of fused-ring (bicyclic) bond motifs is 2. The molecule has 0 amide bonds. The number of sulfone groups is 1. The van der Waals surface area contributed by atoms with Gasteiger partial charge in [-0.2, -0.15) is 0 Å². The van der Waals surface area contributed by atoms with Crippen LogP contribution < -0.4 is 0 Å². The standard InChI is InChI=1S/C38H38O2S5/c1-37(2,3)25-19-27-33(31(35(41-7)43-27)23-15-11-9-12-16-23)29(21-25)45(39,40)30-22-26(38(4,5)6)20-28-34(30)32(36(42-8)44-28)24-17-13-10-14-18-24/h9-22H,1-8H3. The van der Waals surface area contributed by atoms with Crippen LogP contribution in [0, 0.1) is 0 Å². The van der Waals surface area contributed by atoms with E-state index >= 15 is 8.42 Å². The van der Waals surface area contributed by atoms with E-state index in [1.54, 1.807) is 46.2 Å². The van der Waals surface area contributed by atoms with Gasteiger partial charge in [0.25, 0.3) is 0 Å². The van der Waals surface area contributed by atoms with Crippen molar-refractivity contribution in [1.29, 1.82) is 0 Å². The molecule has 0 unspecified atom stereocenters. The van der Waals surface area contributed by atoms with Crippen molar-refractivity contribution in [3.63, 3.8) is 0 Å². The molecule has 45 heavy (non-hydrogen) atoms. The van der Waals surface area contributed by atoms with E-state index in [1.165, 1.54) is 0 Å². The number of rotatable bonds is 6. The van der Waals surface area contributed by atoms with Gasteiger partial charge < -0.3 is 0 Å². The predicted molar refractivity (Wildman–Crippen MR) is 201 cm³/mol. The second-order valence-corrected chi connectivity index (χ2v) is 19.5. The van der Waals surface area contributed by atoms with Crippen LogP contribution >= 0.6 is 46.2 Å². The van der Waals surface area contributed by atoms with Crippen LogP contribution in [0.1, 0.15) is 52.7 Å². The first-order valence-corrected chi connectivity index (χ1v) is 20.5. The van der Waals surface area contributed by atoms with Gasteiger partial charge in [0.2, 0.25) is 9.84 Å². The van der Waals surface area contributed by atoms with Crippen molar-refractivity contribution in [3.8, 4) is 22.3 Å². The van der Waals surface area contributed by atoms with Gasteiger partial charge in [-0.3, -0.25) is 0 Å². The predicted octanol–water partition coefficient (Wildman–Crippen LogP) is 12.3. The lowest BCUT2D eigenvalue weighted by Gasteiger charge is -2.23. The first-order chi connectivity index (χ1) is 21.3. The Labute approximate surface area is 284 Å². The van der Waals surface area contributed by atoms with Gasteiger partial charge in [0, 0.05) is 31.3 Å². The van der Waals surface area contributed by atoms with E-state index in [0.29, 0.717) is 9.79 Å². The summed E-state index contributed by atoms with van der Waals surface area (Å²) in [7, 11) is -4.01. The van der Waals surface area contributed by atoms with Crippen LogP contribution in [0.4, 0.5) is 0 Å². The Kier molecular flexibility index (Phi) is 8.58. The Morgan fingerprint density at radius 1 is 0.556 bits per heavy atom. The summed E-state index contributed by atoms with van der Waals surface area (Å²) in [5.74, 6) is 0. The first kappa shape index (κ1) is 32.4. The van der Waals surface area contributed by atoms with E-state index in [9.17, 15) is 0 Å². The summed E-state index contributed by atoms with van der Waals surface area (Å²) in [6, 6.07) is 28.8. The zero-order valence-corrected chi connectivity index (χ0v) is 31.0. The number of hydrogen-bond acceptors (Lipinski definition) is 6. The van der Waals surface area contributed by atoms with Gasteiger partial charge >= 0.3 is 0 Å². The Bertz CT molecular complexity index is 1990. The molecule has 0 aliphatic carbocycles. The molecule has 0 bridgehead atoms. The third-order valence-corrected chi connectivity index (χ3v) is 14.6. The summed E-state index contributed by atoms with van der Waals surface area (Å²) in [6.07, 6.45) is 4.15. The molecule has 2 nitrogen and oxygen atoms in total. The van der Waals surface area contributed by atoms with E-state index in [1.807, 2.05) is 48.5 Å². The Morgan fingerprint density at radius 3 is 1.22 bits per heavy atom. The number of thioether (sulfide) groups is 2. The van der Waals surface area contributed by atoms with E-state index < -0.39 is 9.84 Å². The minimum atomic E-state index is -4.01. The Balaban J connectivity index is 1.80. The van der Waals surface area contributed by atoms with Gasteiger partial charge in [-0.25, -0.2) is 8.42 Å². The molecule has 232 valence electrons. The smallest absolute Gasteiger partial charge is 0.207 e. The van der Waals surface area contributed by atoms with Gasteiger partial charge in [0.1, 0.15) is 0 Å². The highest BCUT2D eigenvalue weighted by atomic mass is 32.2. The van der Waals surface area contributed by atoms with E-state index in [2.05, 4.69) is 90.5 Å². The highest BCUT2D eigenvalue weighted by Gasteiger charge is 2.33. The number of benzene rings is 4. The quantitative estimate of drug-likeness (QED) is 0.163. The third kappa shape index (κ3) is 5.80. The minimum absolute atomic E-state index is 0.235. The van der Waals surface area contributed by atoms with Crippen LogP contribution in [-0.2, 0) is 20.7 Å². The molecule has 0 fully saturated rings. The van der Waals surface area contributed by atoms with Gasteiger partial charge in [0.05, 0.1) is 18.2 Å². The molecule has 0 spiro atoms. The average Bonchev–Trinajstić information content (AvgIpc) is 3.58. The molecule has 0 atom stereocenters. The molecule has 0 aliphatic rings. The zero-order valence-electron chi connectivity index (χ0n) is 26.9. The normalized spacial score (nSPS) is 12.8. The van der Waals surface area contributed by atoms with E-state index in [0.717, 1.165) is 62.0 Å². The van der Waals surface area contributed by atoms with Crippen molar-refractivity contribution < 1.29 is 8.42 Å². The molecule has 6 rings (SSSR count). The maximum absolute atomic E-state index is 15.6. The number of hydrogen-bond donors (Lipinski definition) is 0. The Morgan fingerprint density at radius 2 is 0.911 bits per heavy atom. The zero-order chi connectivity index (χ0) is 32.3. The molecule has 2 heterocycles. The molecule has 0 radical (unpaired) electrons. The lowest BCUT2D eigenvalue weighted by molar-refractivity contribution is 0.583. The van der Waals surface area contributed by atoms with Crippen molar-refractivity contribution in [3.05, 3.63) is 96.1 Å².